The lowest BCUT2D eigenvalue weighted by molar-refractivity contribution is -0.163. The summed E-state index contributed by atoms with van der Waals surface area (Å²) in [6, 6.07) is 0. The zero-order valence-electron chi connectivity index (χ0n) is 36.5. The molecule has 0 aromatic rings. The van der Waals surface area contributed by atoms with Crippen molar-refractivity contribution in [3.05, 3.63) is 24.3 Å². The van der Waals surface area contributed by atoms with E-state index in [-0.39, 0.29) is 25.2 Å². The predicted octanol–water partition coefficient (Wildman–Crippen LogP) is 15.7. The van der Waals surface area contributed by atoms with Crippen molar-refractivity contribution in [2.45, 2.75) is 258 Å². The smallest absolute Gasteiger partial charge is 0.306 e. The number of carbonyl (C=O) groups is 2. The third kappa shape index (κ3) is 43.1. The molecule has 0 aliphatic carbocycles. The summed E-state index contributed by atoms with van der Waals surface area (Å²) in [5.41, 5.74) is 0. The van der Waals surface area contributed by atoms with Crippen molar-refractivity contribution in [3.8, 4) is 0 Å². The molecule has 5 nitrogen and oxygen atoms in total. The first-order valence-corrected chi connectivity index (χ1v) is 23.9. The first-order valence-electron chi connectivity index (χ1n) is 23.9. The molecular formula is C49H92O5. The largest absolute Gasteiger partial charge is 0.462 e. The Bertz CT molecular complexity index is 821. The maximum atomic E-state index is 12.6. The van der Waals surface area contributed by atoms with Crippen LogP contribution in [0.2, 0.25) is 0 Å². The molecular weight excluding hydrogens is 669 g/mol. The molecule has 0 aromatic carbocycles. The molecule has 0 radical (unpaired) electrons. The van der Waals surface area contributed by atoms with Crippen molar-refractivity contribution in [1.29, 1.82) is 0 Å². The second kappa shape index (κ2) is 45.8. The molecule has 0 N–H and O–H groups in total. The van der Waals surface area contributed by atoms with E-state index >= 15 is 0 Å². The lowest BCUT2D eigenvalue weighted by Crippen LogP contribution is -2.30. The lowest BCUT2D eigenvalue weighted by Gasteiger charge is -2.18. The molecule has 0 fully saturated rings. The molecule has 0 aromatic heterocycles. The third-order valence-electron chi connectivity index (χ3n) is 10.5. The summed E-state index contributed by atoms with van der Waals surface area (Å²) in [6.07, 6.45) is 51.9. The quantitative estimate of drug-likeness (QED) is 0.0352. The average Bonchev–Trinajstić information content (AvgIpc) is 3.17. The van der Waals surface area contributed by atoms with Crippen LogP contribution in [0, 0.1) is 0 Å². The Morgan fingerprint density at radius 3 is 1.15 bits per heavy atom. The summed E-state index contributed by atoms with van der Waals surface area (Å²) in [5.74, 6) is -0.401. The van der Waals surface area contributed by atoms with Gasteiger partial charge in [-0.2, -0.15) is 0 Å². The Morgan fingerprint density at radius 1 is 0.389 bits per heavy atom. The van der Waals surface area contributed by atoms with Crippen molar-refractivity contribution >= 4 is 11.9 Å². The van der Waals surface area contributed by atoms with Gasteiger partial charge in [0.05, 0.1) is 6.61 Å². The van der Waals surface area contributed by atoms with Crippen LogP contribution in [0.5, 0.6) is 0 Å². The molecule has 0 saturated carbocycles. The maximum absolute atomic E-state index is 12.6. The van der Waals surface area contributed by atoms with Gasteiger partial charge in [-0.15, -0.1) is 0 Å². The molecule has 0 rings (SSSR count). The Hall–Kier alpha value is -1.62. The van der Waals surface area contributed by atoms with Gasteiger partial charge in [-0.05, 0) is 70.6 Å². The van der Waals surface area contributed by atoms with Gasteiger partial charge in [0, 0.05) is 19.4 Å². The van der Waals surface area contributed by atoms with Gasteiger partial charge in [-0.25, -0.2) is 0 Å². The number of esters is 2. The number of allylic oxidation sites excluding steroid dienone is 4. The number of hydrogen-bond donors (Lipinski definition) is 0. The minimum Gasteiger partial charge on any atom is -0.462 e. The monoisotopic (exact) mass is 761 g/mol. The molecule has 1 atom stereocenters. The molecule has 0 amide bonds. The lowest BCUT2D eigenvalue weighted by atomic mass is 10.1. The highest BCUT2D eigenvalue weighted by Gasteiger charge is 2.17. The molecule has 54 heavy (non-hydrogen) atoms. The highest BCUT2D eigenvalue weighted by Crippen LogP contribution is 2.14. The van der Waals surface area contributed by atoms with Crippen LogP contribution in [0.15, 0.2) is 24.3 Å². The van der Waals surface area contributed by atoms with Crippen LogP contribution in [-0.2, 0) is 23.8 Å². The fraction of sp³-hybridized carbons (Fsp3) is 0.878. The van der Waals surface area contributed by atoms with Crippen molar-refractivity contribution < 1.29 is 23.8 Å². The van der Waals surface area contributed by atoms with Crippen LogP contribution in [0.25, 0.3) is 0 Å². The Balaban J connectivity index is 4.12. The fourth-order valence-electron chi connectivity index (χ4n) is 6.85. The number of ether oxygens (including phenoxy) is 3. The van der Waals surface area contributed by atoms with Gasteiger partial charge in [0.25, 0.3) is 0 Å². The van der Waals surface area contributed by atoms with Crippen LogP contribution in [-0.4, -0.2) is 37.9 Å². The van der Waals surface area contributed by atoms with E-state index in [1.807, 2.05) is 0 Å². The zero-order chi connectivity index (χ0) is 39.3. The normalized spacial score (nSPS) is 12.3. The summed E-state index contributed by atoms with van der Waals surface area (Å²) < 4.78 is 17.3. The van der Waals surface area contributed by atoms with Gasteiger partial charge < -0.3 is 14.2 Å². The molecule has 0 aliphatic heterocycles. The molecule has 0 saturated heterocycles. The number of rotatable bonds is 44. The minimum atomic E-state index is -0.531. The maximum Gasteiger partial charge on any atom is 0.306 e. The van der Waals surface area contributed by atoms with Crippen LogP contribution in [0.3, 0.4) is 0 Å². The second-order valence-electron chi connectivity index (χ2n) is 16.0. The summed E-state index contributed by atoms with van der Waals surface area (Å²) >= 11 is 0. The van der Waals surface area contributed by atoms with E-state index in [0.29, 0.717) is 19.4 Å². The Kier molecular flexibility index (Phi) is 44.4. The Morgan fingerprint density at radius 2 is 0.722 bits per heavy atom. The molecule has 0 heterocycles. The average molecular weight is 761 g/mol. The van der Waals surface area contributed by atoms with E-state index in [9.17, 15) is 9.59 Å². The SMILES string of the molecule is CCCCCC/C=C\CCCCCCCCOCC(COC(=O)CCCCCCCCC/C=C\CCCCCCCC)OC(=O)CCCCCCCCC. The predicted molar refractivity (Wildman–Crippen MR) is 233 cm³/mol. The fourth-order valence-corrected chi connectivity index (χ4v) is 6.85. The highest BCUT2D eigenvalue weighted by molar-refractivity contribution is 5.70. The standard InChI is InChI=1S/C49H92O5/c1-4-7-10-13-16-18-20-22-24-25-26-27-29-31-34-36-39-42-48(50)53-46-47(54-49(51)43-40-37-33-15-12-9-6-3)45-52-44-41-38-35-32-30-28-23-21-19-17-14-11-8-5-2/h19,21-22,24,47H,4-18,20,23,25-46H2,1-3H3/b21-19-,24-22-. The molecule has 1 unspecified atom stereocenters. The number of hydrogen-bond acceptors (Lipinski definition) is 5. The summed E-state index contributed by atoms with van der Waals surface area (Å²) in [5, 5.41) is 0. The van der Waals surface area contributed by atoms with Crippen molar-refractivity contribution in [2.24, 2.45) is 0 Å². The first-order chi connectivity index (χ1) is 26.6. The van der Waals surface area contributed by atoms with Gasteiger partial charge in [0.2, 0.25) is 0 Å². The minimum absolute atomic E-state index is 0.0855. The van der Waals surface area contributed by atoms with Gasteiger partial charge in [0.1, 0.15) is 6.61 Å². The molecule has 0 bridgehead atoms. The van der Waals surface area contributed by atoms with E-state index in [2.05, 4.69) is 45.1 Å². The second-order valence-corrected chi connectivity index (χ2v) is 16.0. The third-order valence-corrected chi connectivity index (χ3v) is 10.5. The van der Waals surface area contributed by atoms with Crippen LogP contribution < -0.4 is 0 Å². The van der Waals surface area contributed by atoms with Crippen LogP contribution in [0.1, 0.15) is 252 Å². The van der Waals surface area contributed by atoms with E-state index in [4.69, 9.17) is 14.2 Å². The van der Waals surface area contributed by atoms with E-state index in [0.717, 1.165) is 38.5 Å². The first kappa shape index (κ1) is 52.4. The van der Waals surface area contributed by atoms with E-state index in [1.165, 1.54) is 180 Å². The highest BCUT2D eigenvalue weighted by atomic mass is 16.6. The van der Waals surface area contributed by atoms with Crippen LogP contribution in [0.4, 0.5) is 0 Å². The van der Waals surface area contributed by atoms with E-state index in [1.54, 1.807) is 0 Å². The van der Waals surface area contributed by atoms with E-state index < -0.39 is 6.10 Å². The molecule has 0 spiro atoms. The van der Waals surface area contributed by atoms with Gasteiger partial charge in [-0.1, -0.05) is 193 Å². The summed E-state index contributed by atoms with van der Waals surface area (Å²) in [7, 11) is 0. The van der Waals surface area contributed by atoms with Crippen molar-refractivity contribution in [1.82, 2.24) is 0 Å². The van der Waals surface area contributed by atoms with Crippen molar-refractivity contribution in [2.75, 3.05) is 19.8 Å². The molecule has 0 aliphatic rings. The zero-order valence-corrected chi connectivity index (χ0v) is 36.5. The summed E-state index contributed by atoms with van der Waals surface area (Å²) in [6.45, 7) is 7.79. The van der Waals surface area contributed by atoms with Crippen molar-refractivity contribution in [3.63, 3.8) is 0 Å². The van der Waals surface area contributed by atoms with Gasteiger partial charge >= 0.3 is 11.9 Å². The summed E-state index contributed by atoms with van der Waals surface area (Å²) in [4.78, 5) is 25.1. The van der Waals surface area contributed by atoms with Gasteiger partial charge in [-0.3, -0.25) is 9.59 Å². The Labute approximate surface area is 337 Å². The van der Waals surface area contributed by atoms with Gasteiger partial charge in [0.15, 0.2) is 6.10 Å². The topological polar surface area (TPSA) is 61.8 Å². The number of unbranched alkanes of at least 4 members (excludes halogenated alkanes) is 29. The number of carbonyl (C=O) groups excluding carboxylic acids is 2. The molecule has 5 heteroatoms. The van der Waals surface area contributed by atoms with Crippen LogP contribution >= 0.6 is 0 Å². The molecule has 318 valence electrons.